The highest BCUT2D eigenvalue weighted by Crippen LogP contribution is 2.09. The van der Waals surface area contributed by atoms with Crippen molar-refractivity contribution in [2.45, 2.75) is 13.1 Å². The van der Waals surface area contributed by atoms with Crippen molar-refractivity contribution in [1.29, 1.82) is 0 Å². The van der Waals surface area contributed by atoms with E-state index < -0.39 is 11.6 Å². The first-order valence-corrected chi connectivity index (χ1v) is 5.55. The zero-order valence-corrected chi connectivity index (χ0v) is 9.59. The summed E-state index contributed by atoms with van der Waals surface area (Å²) in [6.45, 7) is 0.692. The molecule has 0 aromatic heterocycles. The number of halogens is 3. The summed E-state index contributed by atoms with van der Waals surface area (Å²) in [5.74, 6) is -2.02. The van der Waals surface area contributed by atoms with Crippen molar-refractivity contribution >= 4 is 0 Å². The molecule has 94 valence electrons. The highest BCUT2D eigenvalue weighted by Gasteiger charge is 2.03. The molecule has 4 heteroatoms. The maximum absolute atomic E-state index is 13.3. The molecule has 0 atom stereocenters. The van der Waals surface area contributed by atoms with Gasteiger partial charge in [-0.15, -0.1) is 0 Å². The molecule has 0 fully saturated rings. The SMILES string of the molecule is Fc1ccc(CNCc2ccccc2F)cc1F. The summed E-state index contributed by atoms with van der Waals surface area (Å²) in [7, 11) is 0. The Kier molecular flexibility index (Phi) is 3.99. The van der Waals surface area contributed by atoms with Crippen LogP contribution in [0.4, 0.5) is 13.2 Å². The third-order valence-electron chi connectivity index (χ3n) is 2.59. The Bertz CT molecular complexity index is 540. The molecule has 2 aromatic rings. The maximum atomic E-state index is 13.3. The van der Waals surface area contributed by atoms with Gasteiger partial charge in [0, 0.05) is 18.7 Å². The summed E-state index contributed by atoms with van der Waals surface area (Å²) in [4.78, 5) is 0. The average Bonchev–Trinajstić information content (AvgIpc) is 2.36. The van der Waals surface area contributed by atoms with Crippen LogP contribution in [0.3, 0.4) is 0 Å². The summed E-state index contributed by atoms with van der Waals surface area (Å²) in [6.07, 6.45) is 0. The van der Waals surface area contributed by atoms with E-state index in [1.165, 1.54) is 12.1 Å². The molecule has 0 radical (unpaired) electrons. The summed E-state index contributed by atoms with van der Waals surface area (Å²) < 4.78 is 38.9. The van der Waals surface area contributed by atoms with E-state index >= 15 is 0 Å². The molecule has 2 aromatic carbocycles. The largest absolute Gasteiger partial charge is 0.309 e. The Morgan fingerprint density at radius 1 is 0.778 bits per heavy atom. The Hall–Kier alpha value is -1.81. The molecule has 0 aliphatic carbocycles. The lowest BCUT2D eigenvalue weighted by molar-refractivity contribution is 0.505. The van der Waals surface area contributed by atoms with Gasteiger partial charge in [0.05, 0.1) is 0 Å². The molecule has 18 heavy (non-hydrogen) atoms. The third-order valence-corrected chi connectivity index (χ3v) is 2.59. The summed E-state index contributed by atoms with van der Waals surface area (Å²) in [5, 5.41) is 2.98. The van der Waals surface area contributed by atoms with Crippen LogP contribution in [-0.2, 0) is 13.1 Å². The fraction of sp³-hybridized carbons (Fsp3) is 0.143. The minimum atomic E-state index is -0.875. The molecule has 0 saturated carbocycles. The second-order valence-corrected chi connectivity index (χ2v) is 3.94. The predicted molar refractivity (Wildman–Crippen MR) is 63.3 cm³/mol. The number of hydrogen-bond acceptors (Lipinski definition) is 1. The van der Waals surface area contributed by atoms with Crippen molar-refractivity contribution in [2.24, 2.45) is 0 Å². The Labute approximate surface area is 103 Å². The van der Waals surface area contributed by atoms with Crippen molar-refractivity contribution in [3.05, 3.63) is 71.0 Å². The molecule has 0 aliphatic rings. The molecule has 0 spiro atoms. The van der Waals surface area contributed by atoms with E-state index in [0.717, 1.165) is 12.1 Å². The molecule has 0 aliphatic heterocycles. The smallest absolute Gasteiger partial charge is 0.159 e. The highest BCUT2D eigenvalue weighted by molar-refractivity contribution is 5.19. The van der Waals surface area contributed by atoms with Crippen LogP contribution < -0.4 is 5.32 Å². The zero-order valence-electron chi connectivity index (χ0n) is 9.59. The number of rotatable bonds is 4. The first kappa shape index (κ1) is 12.6. The van der Waals surface area contributed by atoms with E-state index in [2.05, 4.69) is 5.32 Å². The molecule has 0 heterocycles. The second kappa shape index (κ2) is 5.69. The van der Waals surface area contributed by atoms with E-state index in [1.54, 1.807) is 18.2 Å². The van der Waals surface area contributed by atoms with Crippen LogP contribution in [0.15, 0.2) is 42.5 Å². The summed E-state index contributed by atoms with van der Waals surface area (Å²) in [5.41, 5.74) is 1.16. The molecule has 0 unspecified atom stereocenters. The van der Waals surface area contributed by atoms with Crippen LogP contribution in [0.25, 0.3) is 0 Å². The average molecular weight is 251 g/mol. The monoisotopic (exact) mass is 251 g/mol. The van der Waals surface area contributed by atoms with Crippen LogP contribution in [0.5, 0.6) is 0 Å². The standard InChI is InChI=1S/C14H12F3N/c15-12-4-2-1-3-11(12)9-18-8-10-5-6-13(16)14(17)7-10/h1-7,18H,8-9H2. The van der Waals surface area contributed by atoms with Crippen molar-refractivity contribution in [2.75, 3.05) is 0 Å². The van der Waals surface area contributed by atoms with E-state index in [-0.39, 0.29) is 5.82 Å². The molecule has 0 amide bonds. The van der Waals surface area contributed by atoms with Crippen molar-refractivity contribution in [3.8, 4) is 0 Å². The lowest BCUT2D eigenvalue weighted by Crippen LogP contribution is -2.13. The van der Waals surface area contributed by atoms with E-state index in [4.69, 9.17) is 0 Å². The quantitative estimate of drug-likeness (QED) is 0.878. The van der Waals surface area contributed by atoms with Gasteiger partial charge in [-0.1, -0.05) is 24.3 Å². The van der Waals surface area contributed by atoms with Crippen LogP contribution in [0, 0.1) is 17.5 Å². The second-order valence-electron chi connectivity index (χ2n) is 3.94. The van der Waals surface area contributed by atoms with E-state index in [0.29, 0.717) is 24.2 Å². The summed E-state index contributed by atoms with van der Waals surface area (Å²) >= 11 is 0. The lowest BCUT2D eigenvalue weighted by atomic mass is 10.2. The van der Waals surface area contributed by atoms with Gasteiger partial charge in [-0.3, -0.25) is 0 Å². The lowest BCUT2D eigenvalue weighted by Gasteiger charge is -2.06. The molecule has 2 rings (SSSR count). The predicted octanol–water partition coefficient (Wildman–Crippen LogP) is 3.39. The van der Waals surface area contributed by atoms with Crippen LogP contribution >= 0.6 is 0 Å². The van der Waals surface area contributed by atoms with Gasteiger partial charge in [0.25, 0.3) is 0 Å². The van der Waals surface area contributed by atoms with Crippen LogP contribution in [0.2, 0.25) is 0 Å². The molecular formula is C14H12F3N. The van der Waals surface area contributed by atoms with E-state index in [1.807, 2.05) is 0 Å². The van der Waals surface area contributed by atoms with Crippen LogP contribution in [-0.4, -0.2) is 0 Å². The Balaban J connectivity index is 1.92. The van der Waals surface area contributed by atoms with Gasteiger partial charge >= 0.3 is 0 Å². The molecule has 1 nitrogen and oxygen atoms in total. The summed E-state index contributed by atoms with van der Waals surface area (Å²) in [6, 6.07) is 10.1. The molecule has 0 saturated heterocycles. The van der Waals surface area contributed by atoms with E-state index in [9.17, 15) is 13.2 Å². The zero-order chi connectivity index (χ0) is 13.0. The van der Waals surface area contributed by atoms with Gasteiger partial charge in [0.15, 0.2) is 11.6 Å². The molecule has 0 bridgehead atoms. The Morgan fingerprint density at radius 3 is 2.28 bits per heavy atom. The van der Waals surface area contributed by atoms with Gasteiger partial charge in [0.1, 0.15) is 5.82 Å². The van der Waals surface area contributed by atoms with Gasteiger partial charge < -0.3 is 5.32 Å². The van der Waals surface area contributed by atoms with Gasteiger partial charge in [-0.25, -0.2) is 13.2 Å². The number of benzene rings is 2. The fourth-order valence-electron chi connectivity index (χ4n) is 1.63. The fourth-order valence-corrected chi connectivity index (χ4v) is 1.63. The number of hydrogen-bond donors (Lipinski definition) is 1. The Morgan fingerprint density at radius 2 is 1.56 bits per heavy atom. The van der Waals surface area contributed by atoms with Crippen LogP contribution in [0.1, 0.15) is 11.1 Å². The van der Waals surface area contributed by atoms with Crippen molar-refractivity contribution < 1.29 is 13.2 Å². The topological polar surface area (TPSA) is 12.0 Å². The number of nitrogens with one attached hydrogen (secondary N) is 1. The van der Waals surface area contributed by atoms with Crippen molar-refractivity contribution in [3.63, 3.8) is 0 Å². The first-order valence-electron chi connectivity index (χ1n) is 5.55. The van der Waals surface area contributed by atoms with Gasteiger partial charge in [0.2, 0.25) is 0 Å². The molecule has 1 N–H and O–H groups in total. The van der Waals surface area contributed by atoms with Crippen molar-refractivity contribution in [1.82, 2.24) is 5.32 Å². The maximum Gasteiger partial charge on any atom is 0.159 e. The van der Waals surface area contributed by atoms with Gasteiger partial charge in [-0.05, 0) is 23.8 Å². The van der Waals surface area contributed by atoms with Gasteiger partial charge in [-0.2, -0.15) is 0 Å². The highest BCUT2D eigenvalue weighted by atomic mass is 19.2. The third kappa shape index (κ3) is 3.11. The molecular weight excluding hydrogens is 239 g/mol. The first-order chi connectivity index (χ1) is 8.66. The minimum absolute atomic E-state index is 0.282. The minimum Gasteiger partial charge on any atom is -0.309 e. The normalized spacial score (nSPS) is 10.6.